The first-order valence-corrected chi connectivity index (χ1v) is 9.09. The van der Waals surface area contributed by atoms with Crippen molar-refractivity contribution in [2.75, 3.05) is 29.9 Å². The minimum atomic E-state index is -0.776. The monoisotopic (exact) mass is 362 g/mol. The molecule has 27 heavy (non-hydrogen) atoms. The largest absolute Gasteiger partial charge is 0.372 e. The molecule has 0 bridgehead atoms. The second kappa shape index (κ2) is 8.86. The molecule has 1 heterocycles. The number of hydrogen-bond acceptors (Lipinski definition) is 4. The zero-order chi connectivity index (χ0) is 19.1. The van der Waals surface area contributed by atoms with E-state index in [0.29, 0.717) is 24.2 Å². The highest BCUT2D eigenvalue weighted by molar-refractivity contribution is 6.39. The van der Waals surface area contributed by atoms with Gasteiger partial charge in [-0.1, -0.05) is 24.3 Å². The average molecular weight is 362 g/mol. The lowest BCUT2D eigenvalue weighted by atomic mass is 10.1. The Bertz CT molecular complexity index is 849. The van der Waals surface area contributed by atoms with Gasteiger partial charge in [0.05, 0.1) is 11.3 Å². The quantitative estimate of drug-likeness (QED) is 0.800. The van der Waals surface area contributed by atoms with Gasteiger partial charge < -0.3 is 15.5 Å². The van der Waals surface area contributed by atoms with Crippen molar-refractivity contribution in [1.29, 1.82) is 5.26 Å². The number of nitrogens with zero attached hydrogens (tertiary/aromatic N) is 2. The number of carbonyl (C=O) groups is 2. The standard InChI is InChI=1S/C21H22N4O2/c22-15-17-5-1-2-6-19(17)24-21(27)20(26)23-12-11-16-7-9-18(10-8-16)25-13-3-4-14-25/h1-2,5-10H,3-4,11-14H2,(H,23,26)(H,24,27). The molecule has 0 unspecified atom stereocenters. The van der Waals surface area contributed by atoms with E-state index in [-0.39, 0.29) is 0 Å². The van der Waals surface area contributed by atoms with Crippen LogP contribution >= 0.6 is 0 Å². The highest BCUT2D eigenvalue weighted by atomic mass is 16.2. The van der Waals surface area contributed by atoms with Crippen molar-refractivity contribution < 1.29 is 9.59 Å². The predicted octanol–water partition coefficient (Wildman–Crippen LogP) is 2.46. The van der Waals surface area contributed by atoms with Gasteiger partial charge in [-0.2, -0.15) is 5.26 Å². The number of nitrogens with one attached hydrogen (secondary N) is 2. The molecule has 0 radical (unpaired) electrons. The van der Waals surface area contributed by atoms with Crippen LogP contribution in [0.3, 0.4) is 0 Å². The summed E-state index contributed by atoms with van der Waals surface area (Å²) < 4.78 is 0. The van der Waals surface area contributed by atoms with E-state index in [1.165, 1.54) is 18.5 Å². The Labute approximate surface area is 158 Å². The minimum Gasteiger partial charge on any atom is -0.372 e. The fourth-order valence-electron chi connectivity index (χ4n) is 3.12. The summed E-state index contributed by atoms with van der Waals surface area (Å²) >= 11 is 0. The summed E-state index contributed by atoms with van der Waals surface area (Å²) in [6, 6.07) is 16.9. The molecule has 0 atom stereocenters. The third kappa shape index (κ3) is 4.85. The zero-order valence-corrected chi connectivity index (χ0v) is 15.1. The van der Waals surface area contributed by atoms with E-state index in [0.717, 1.165) is 18.7 Å². The van der Waals surface area contributed by atoms with Crippen molar-refractivity contribution in [3.63, 3.8) is 0 Å². The van der Waals surface area contributed by atoms with Gasteiger partial charge in [0.1, 0.15) is 6.07 Å². The molecule has 138 valence electrons. The van der Waals surface area contributed by atoms with Gasteiger partial charge in [-0.25, -0.2) is 0 Å². The van der Waals surface area contributed by atoms with E-state index in [9.17, 15) is 9.59 Å². The topological polar surface area (TPSA) is 85.2 Å². The van der Waals surface area contributed by atoms with Gasteiger partial charge in [0.2, 0.25) is 0 Å². The summed E-state index contributed by atoms with van der Waals surface area (Å²) in [7, 11) is 0. The molecular formula is C21H22N4O2. The summed E-state index contributed by atoms with van der Waals surface area (Å²) in [5, 5.41) is 14.1. The van der Waals surface area contributed by atoms with Gasteiger partial charge in [0, 0.05) is 25.3 Å². The third-order valence-electron chi connectivity index (χ3n) is 4.61. The zero-order valence-electron chi connectivity index (χ0n) is 15.1. The average Bonchev–Trinajstić information content (AvgIpc) is 3.23. The van der Waals surface area contributed by atoms with Gasteiger partial charge in [-0.15, -0.1) is 0 Å². The Kier molecular flexibility index (Phi) is 6.06. The van der Waals surface area contributed by atoms with Gasteiger partial charge in [0.15, 0.2) is 0 Å². The molecule has 0 aromatic heterocycles. The van der Waals surface area contributed by atoms with Crippen LogP contribution in [-0.2, 0) is 16.0 Å². The molecule has 1 saturated heterocycles. The van der Waals surface area contributed by atoms with Gasteiger partial charge in [0.25, 0.3) is 0 Å². The first-order chi connectivity index (χ1) is 13.2. The molecule has 0 spiro atoms. The molecular weight excluding hydrogens is 340 g/mol. The highest BCUT2D eigenvalue weighted by Crippen LogP contribution is 2.20. The SMILES string of the molecule is N#Cc1ccccc1NC(=O)C(=O)NCCc1ccc(N2CCCC2)cc1. The Morgan fingerprint density at radius 1 is 1.00 bits per heavy atom. The maximum absolute atomic E-state index is 12.0. The third-order valence-corrected chi connectivity index (χ3v) is 4.61. The number of amides is 2. The van der Waals surface area contributed by atoms with E-state index in [2.05, 4.69) is 39.8 Å². The number of hydrogen-bond donors (Lipinski definition) is 2. The predicted molar refractivity (Wildman–Crippen MR) is 104 cm³/mol. The molecule has 2 N–H and O–H groups in total. The normalized spacial score (nSPS) is 13.1. The van der Waals surface area contributed by atoms with Crippen LogP contribution in [0.1, 0.15) is 24.0 Å². The lowest BCUT2D eigenvalue weighted by molar-refractivity contribution is -0.136. The highest BCUT2D eigenvalue weighted by Gasteiger charge is 2.15. The molecule has 6 nitrogen and oxygen atoms in total. The maximum atomic E-state index is 12.0. The summed E-state index contributed by atoms with van der Waals surface area (Å²) in [6.07, 6.45) is 3.14. The number of benzene rings is 2. The van der Waals surface area contributed by atoms with Crippen LogP contribution in [0.5, 0.6) is 0 Å². The van der Waals surface area contributed by atoms with Gasteiger partial charge in [-0.3, -0.25) is 9.59 Å². The van der Waals surface area contributed by atoms with Crippen LogP contribution in [0.4, 0.5) is 11.4 Å². The number of para-hydroxylation sites is 1. The van der Waals surface area contributed by atoms with Gasteiger partial charge in [-0.05, 0) is 49.1 Å². The molecule has 6 heteroatoms. The minimum absolute atomic E-state index is 0.316. The second-order valence-corrected chi connectivity index (χ2v) is 6.48. The van der Waals surface area contributed by atoms with Crippen molar-refractivity contribution in [2.24, 2.45) is 0 Å². The summed E-state index contributed by atoms with van der Waals surface area (Å²) in [5.74, 6) is -1.49. The van der Waals surface area contributed by atoms with Crippen molar-refractivity contribution in [1.82, 2.24) is 5.32 Å². The Balaban J connectivity index is 1.46. The lowest BCUT2D eigenvalue weighted by Gasteiger charge is -2.17. The van der Waals surface area contributed by atoms with Crippen LogP contribution < -0.4 is 15.5 Å². The lowest BCUT2D eigenvalue weighted by Crippen LogP contribution is -2.36. The molecule has 0 saturated carbocycles. The van der Waals surface area contributed by atoms with E-state index in [1.807, 2.05) is 6.07 Å². The van der Waals surface area contributed by atoms with Crippen LogP contribution in [0, 0.1) is 11.3 Å². The maximum Gasteiger partial charge on any atom is 0.313 e. The molecule has 2 aromatic rings. The van der Waals surface area contributed by atoms with Crippen molar-refractivity contribution in [3.05, 3.63) is 59.7 Å². The van der Waals surface area contributed by atoms with Crippen molar-refractivity contribution >= 4 is 23.2 Å². The Morgan fingerprint density at radius 2 is 1.70 bits per heavy atom. The van der Waals surface area contributed by atoms with Gasteiger partial charge >= 0.3 is 11.8 Å². The van der Waals surface area contributed by atoms with Crippen molar-refractivity contribution in [3.8, 4) is 6.07 Å². The van der Waals surface area contributed by atoms with Crippen LogP contribution in [0.15, 0.2) is 48.5 Å². The first-order valence-electron chi connectivity index (χ1n) is 9.09. The fourth-order valence-corrected chi connectivity index (χ4v) is 3.12. The molecule has 2 amide bonds. The first kappa shape index (κ1) is 18.5. The van der Waals surface area contributed by atoms with Crippen LogP contribution in [0.25, 0.3) is 0 Å². The summed E-state index contributed by atoms with van der Waals surface area (Å²) in [5.41, 5.74) is 2.98. The molecule has 2 aromatic carbocycles. The molecule has 1 fully saturated rings. The summed E-state index contributed by atoms with van der Waals surface area (Å²) in [4.78, 5) is 26.3. The van der Waals surface area contributed by atoms with E-state index < -0.39 is 11.8 Å². The Morgan fingerprint density at radius 3 is 2.41 bits per heavy atom. The second-order valence-electron chi connectivity index (χ2n) is 6.48. The Hall–Kier alpha value is -3.33. The van der Waals surface area contributed by atoms with E-state index >= 15 is 0 Å². The number of rotatable bonds is 5. The molecule has 0 aliphatic carbocycles. The molecule has 1 aliphatic rings. The smallest absolute Gasteiger partial charge is 0.313 e. The summed E-state index contributed by atoms with van der Waals surface area (Å²) in [6.45, 7) is 2.59. The number of carbonyl (C=O) groups excluding carboxylic acids is 2. The van der Waals surface area contributed by atoms with E-state index in [4.69, 9.17) is 5.26 Å². The fraction of sp³-hybridized carbons (Fsp3) is 0.286. The number of nitriles is 1. The molecule has 1 aliphatic heterocycles. The van der Waals surface area contributed by atoms with Crippen LogP contribution in [0.2, 0.25) is 0 Å². The van der Waals surface area contributed by atoms with E-state index in [1.54, 1.807) is 24.3 Å². The van der Waals surface area contributed by atoms with Crippen molar-refractivity contribution in [2.45, 2.75) is 19.3 Å². The van der Waals surface area contributed by atoms with Crippen LogP contribution in [-0.4, -0.2) is 31.4 Å². The number of anilines is 2. The molecule has 3 rings (SSSR count).